The molecule has 0 fully saturated rings. The van der Waals surface area contributed by atoms with Crippen molar-refractivity contribution in [3.05, 3.63) is 83.2 Å². The molecule has 2 aliphatic heterocycles. The number of hydrogen-bond donors (Lipinski definition) is 0. The number of rotatable bonds is 1. The molecule has 1 atom stereocenters. The number of anilines is 1. The average Bonchev–Trinajstić information content (AvgIpc) is 3.18. The normalized spacial score (nSPS) is 19.5. The lowest BCUT2D eigenvalue weighted by Gasteiger charge is -2.23. The van der Waals surface area contributed by atoms with E-state index in [1.807, 2.05) is 6.08 Å². The first-order valence-electron chi connectivity index (χ1n) is 9.37. The molecule has 0 bridgehead atoms. The van der Waals surface area contributed by atoms with Crippen LogP contribution in [0.3, 0.4) is 0 Å². The summed E-state index contributed by atoms with van der Waals surface area (Å²) in [4.78, 5) is 30.4. The third-order valence-corrected chi connectivity index (χ3v) is 5.30. The van der Waals surface area contributed by atoms with E-state index >= 15 is 0 Å². The minimum Gasteiger partial charge on any atom is -0.263 e. The Hall–Kier alpha value is -3.92. The summed E-state index contributed by atoms with van der Waals surface area (Å²) in [5, 5.41) is 0. The lowest BCUT2D eigenvalue weighted by Crippen LogP contribution is -2.51. The van der Waals surface area contributed by atoms with Crippen molar-refractivity contribution in [3.63, 3.8) is 0 Å². The molecule has 0 spiro atoms. The van der Waals surface area contributed by atoms with Gasteiger partial charge in [0.05, 0.1) is 6.54 Å². The van der Waals surface area contributed by atoms with E-state index in [0.29, 0.717) is 34.7 Å². The molecule has 1 aliphatic carbocycles. The van der Waals surface area contributed by atoms with Gasteiger partial charge in [-0.1, -0.05) is 24.0 Å². The van der Waals surface area contributed by atoms with Gasteiger partial charge in [-0.3, -0.25) is 4.98 Å². The molecule has 3 aliphatic rings. The van der Waals surface area contributed by atoms with Gasteiger partial charge in [-0.15, -0.1) is 4.90 Å². The predicted octanol–water partition coefficient (Wildman–Crippen LogP) is 3.20. The van der Waals surface area contributed by atoms with Crippen molar-refractivity contribution in [1.82, 2.24) is 4.98 Å². The summed E-state index contributed by atoms with van der Waals surface area (Å²) >= 11 is 0. The number of urea groups is 1. The van der Waals surface area contributed by atoms with Crippen molar-refractivity contribution in [2.45, 2.75) is 6.42 Å². The van der Waals surface area contributed by atoms with Crippen LogP contribution in [0.25, 0.3) is 0 Å². The molecule has 5 nitrogen and oxygen atoms in total. The van der Waals surface area contributed by atoms with Crippen molar-refractivity contribution in [1.29, 1.82) is 0 Å². The van der Waals surface area contributed by atoms with Crippen LogP contribution in [0.4, 0.5) is 19.3 Å². The van der Waals surface area contributed by atoms with Crippen LogP contribution in [0, 0.1) is 29.4 Å². The Morgan fingerprint density at radius 3 is 2.63 bits per heavy atom. The lowest BCUT2D eigenvalue weighted by atomic mass is 9.90. The molecule has 1 unspecified atom stereocenters. The van der Waals surface area contributed by atoms with Crippen molar-refractivity contribution in [2.24, 2.45) is 5.92 Å². The van der Waals surface area contributed by atoms with E-state index in [2.05, 4.69) is 16.8 Å². The Balaban J connectivity index is 1.56. The number of pyridine rings is 1. The van der Waals surface area contributed by atoms with E-state index in [1.165, 1.54) is 10.8 Å². The summed E-state index contributed by atoms with van der Waals surface area (Å²) in [5.41, 5.74) is 0.896. The molecule has 2 aromatic rings. The Morgan fingerprint density at radius 1 is 1.13 bits per heavy atom. The number of benzene rings is 1. The Bertz CT molecular complexity index is 1220. The van der Waals surface area contributed by atoms with Gasteiger partial charge in [-0.2, -0.15) is 9.37 Å². The van der Waals surface area contributed by atoms with Gasteiger partial charge in [0.15, 0.2) is 11.6 Å². The van der Waals surface area contributed by atoms with Gasteiger partial charge in [0.1, 0.15) is 11.3 Å². The number of carbonyl (C=O) groups excluding carboxylic acids is 2. The Labute approximate surface area is 170 Å². The zero-order valence-corrected chi connectivity index (χ0v) is 15.6. The molecule has 0 saturated heterocycles. The summed E-state index contributed by atoms with van der Waals surface area (Å²) in [6, 6.07) is 4.71. The van der Waals surface area contributed by atoms with E-state index in [0.717, 1.165) is 12.1 Å². The molecule has 0 radical (unpaired) electrons. The lowest BCUT2D eigenvalue weighted by molar-refractivity contribution is -0.417. The molecule has 3 amide bonds. The van der Waals surface area contributed by atoms with Crippen LogP contribution in [0.1, 0.15) is 17.5 Å². The van der Waals surface area contributed by atoms with Crippen LogP contribution in [0.15, 0.2) is 60.5 Å². The highest BCUT2D eigenvalue weighted by molar-refractivity contribution is 6.35. The fraction of sp³-hybridized carbons (Fsp3) is 0.130. The number of hydrogen-bond acceptors (Lipinski definition) is 3. The number of nitrogens with zero attached hydrogens (tertiary/aromatic N) is 3. The zero-order chi connectivity index (χ0) is 20.8. The zero-order valence-electron chi connectivity index (χ0n) is 15.6. The second-order valence-corrected chi connectivity index (χ2v) is 7.10. The number of imide groups is 1. The van der Waals surface area contributed by atoms with E-state index < -0.39 is 29.3 Å². The minimum absolute atomic E-state index is 0.0279. The van der Waals surface area contributed by atoms with Crippen molar-refractivity contribution < 1.29 is 22.9 Å². The van der Waals surface area contributed by atoms with Crippen molar-refractivity contribution >= 4 is 23.3 Å². The summed E-state index contributed by atoms with van der Waals surface area (Å²) in [6.07, 6.45) is 9.03. The molecule has 1 aromatic heterocycles. The van der Waals surface area contributed by atoms with Gasteiger partial charge < -0.3 is 0 Å². The van der Waals surface area contributed by atoms with E-state index in [-0.39, 0.29) is 11.5 Å². The van der Waals surface area contributed by atoms with Gasteiger partial charge in [0.2, 0.25) is 5.69 Å². The van der Waals surface area contributed by atoms with Crippen LogP contribution >= 0.6 is 0 Å². The first-order chi connectivity index (χ1) is 14.5. The van der Waals surface area contributed by atoms with E-state index in [1.54, 1.807) is 30.5 Å². The molecule has 1 aromatic carbocycles. The van der Waals surface area contributed by atoms with Gasteiger partial charge in [0, 0.05) is 29.4 Å². The second-order valence-electron chi connectivity index (χ2n) is 7.10. The van der Waals surface area contributed by atoms with Crippen LogP contribution in [-0.4, -0.2) is 33.8 Å². The standard InChI is InChI=1S/C23H14F2N3O2/c24-18-11-15(7-6-14-3-2-9-26-13-14)12-19(25)21(18)28-22(29)17-5-1-4-16-8-10-27(20(16)17)23(28)30/h1-5,9,11-13,16H,8,10H2/q+1. The summed E-state index contributed by atoms with van der Waals surface area (Å²) in [7, 11) is 0. The first kappa shape index (κ1) is 18.1. The van der Waals surface area contributed by atoms with Gasteiger partial charge in [-0.25, -0.2) is 13.6 Å². The number of aromatic nitrogens is 1. The molecule has 3 heterocycles. The van der Waals surface area contributed by atoms with Crippen LogP contribution in [0.5, 0.6) is 0 Å². The van der Waals surface area contributed by atoms with Gasteiger partial charge in [0.25, 0.3) is 0 Å². The van der Waals surface area contributed by atoms with Gasteiger partial charge in [-0.05, 0) is 36.8 Å². The molecular weight excluding hydrogens is 388 g/mol. The smallest absolute Gasteiger partial charge is 0.263 e. The maximum absolute atomic E-state index is 14.9. The van der Waals surface area contributed by atoms with Crippen molar-refractivity contribution in [2.75, 3.05) is 11.4 Å². The first-order valence-corrected chi connectivity index (χ1v) is 9.37. The SMILES string of the molecule is O=C1C2=CC=CC3CC[N+](=C23)C(=O)N1c1c(F)cc(C#Cc2cccnc2)cc1F. The molecule has 7 heteroatoms. The number of amides is 3. The van der Waals surface area contributed by atoms with Crippen LogP contribution in [0.2, 0.25) is 0 Å². The molecule has 30 heavy (non-hydrogen) atoms. The Morgan fingerprint density at radius 2 is 1.90 bits per heavy atom. The van der Waals surface area contributed by atoms with E-state index in [9.17, 15) is 18.4 Å². The highest BCUT2D eigenvalue weighted by Crippen LogP contribution is 2.34. The number of allylic oxidation sites excluding steroid dienone is 3. The average molecular weight is 402 g/mol. The fourth-order valence-electron chi connectivity index (χ4n) is 3.97. The Kier molecular flexibility index (Phi) is 4.14. The monoisotopic (exact) mass is 402 g/mol. The number of halogens is 2. The molecule has 146 valence electrons. The highest BCUT2D eigenvalue weighted by Gasteiger charge is 2.52. The molecule has 0 N–H and O–H groups in total. The third-order valence-electron chi connectivity index (χ3n) is 5.30. The topological polar surface area (TPSA) is 53.3 Å². The van der Waals surface area contributed by atoms with E-state index in [4.69, 9.17) is 0 Å². The highest BCUT2D eigenvalue weighted by atomic mass is 19.1. The molecule has 0 saturated carbocycles. The summed E-state index contributed by atoms with van der Waals surface area (Å²) in [6.45, 7) is 0.391. The number of carbonyl (C=O) groups is 2. The predicted molar refractivity (Wildman–Crippen MR) is 105 cm³/mol. The quantitative estimate of drug-likeness (QED) is 0.544. The second kappa shape index (κ2) is 6.85. The minimum atomic E-state index is -1.03. The maximum atomic E-state index is 14.9. The molecular formula is C23H14F2N3O2+. The molecule has 5 rings (SSSR count). The summed E-state index contributed by atoms with van der Waals surface area (Å²) in [5.74, 6) is 2.63. The van der Waals surface area contributed by atoms with Crippen LogP contribution < -0.4 is 4.90 Å². The third kappa shape index (κ3) is 2.77. The van der Waals surface area contributed by atoms with Crippen molar-refractivity contribution in [3.8, 4) is 11.8 Å². The maximum Gasteiger partial charge on any atom is 0.506 e. The fourth-order valence-corrected chi connectivity index (χ4v) is 3.97. The largest absolute Gasteiger partial charge is 0.506 e. The van der Waals surface area contributed by atoms with Gasteiger partial charge >= 0.3 is 11.9 Å². The summed E-state index contributed by atoms with van der Waals surface area (Å²) < 4.78 is 31.2. The van der Waals surface area contributed by atoms with Crippen LogP contribution in [-0.2, 0) is 4.79 Å².